The number of pyridine rings is 1. The number of oxazole rings is 1. The molecular formula is C29H34N4O4S. The molecule has 0 saturated carbocycles. The van der Waals surface area contributed by atoms with Crippen LogP contribution < -0.4 is 10.0 Å². The van der Waals surface area contributed by atoms with E-state index in [4.69, 9.17) is 4.42 Å². The lowest BCUT2D eigenvalue weighted by molar-refractivity contribution is 0.174. The first kappa shape index (κ1) is 27.5. The van der Waals surface area contributed by atoms with Crippen LogP contribution in [0.1, 0.15) is 49.3 Å². The van der Waals surface area contributed by atoms with Gasteiger partial charge in [0.2, 0.25) is 0 Å². The Bertz CT molecular complexity index is 1370. The Morgan fingerprint density at radius 2 is 1.79 bits per heavy atom. The summed E-state index contributed by atoms with van der Waals surface area (Å²) in [5, 5.41) is 13.4. The van der Waals surface area contributed by atoms with Gasteiger partial charge in [0.1, 0.15) is 12.0 Å². The van der Waals surface area contributed by atoms with Crippen molar-refractivity contribution in [2.45, 2.75) is 50.0 Å². The maximum absolute atomic E-state index is 12.9. The van der Waals surface area contributed by atoms with Crippen LogP contribution in [0.3, 0.4) is 0 Å². The van der Waals surface area contributed by atoms with Crippen LogP contribution in [0.25, 0.3) is 11.3 Å². The van der Waals surface area contributed by atoms with Crippen LogP contribution in [0.15, 0.2) is 88.6 Å². The zero-order chi connectivity index (χ0) is 26.8. The summed E-state index contributed by atoms with van der Waals surface area (Å²) in [6.07, 6.45) is 9.19. The molecule has 0 aliphatic carbocycles. The molecule has 0 aliphatic heterocycles. The van der Waals surface area contributed by atoms with Gasteiger partial charge in [0.25, 0.3) is 10.0 Å². The van der Waals surface area contributed by atoms with Crippen molar-refractivity contribution >= 4 is 15.7 Å². The number of nitrogens with one attached hydrogen (secondary N) is 2. The Labute approximate surface area is 224 Å². The van der Waals surface area contributed by atoms with Gasteiger partial charge in [-0.2, -0.15) is 0 Å². The van der Waals surface area contributed by atoms with Crippen molar-refractivity contribution in [3.05, 3.63) is 96.3 Å². The fraction of sp³-hybridized carbons (Fsp3) is 0.310. The van der Waals surface area contributed by atoms with Crippen LogP contribution in [0, 0.1) is 0 Å². The lowest BCUT2D eigenvalue weighted by atomic mass is 10.1. The van der Waals surface area contributed by atoms with Crippen LogP contribution in [0.4, 0.5) is 5.69 Å². The van der Waals surface area contributed by atoms with Crippen molar-refractivity contribution in [2.24, 2.45) is 0 Å². The third-order valence-corrected chi connectivity index (χ3v) is 7.61. The van der Waals surface area contributed by atoms with Gasteiger partial charge in [0.05, 0.1) is 11.0 Å². The van der Waals surface area contributed by atoms with E-state index in [0.717, 1.165) is 48.8 Å². The minimum atomic E-state index is -3.73. The van der Waals surface area contributed by atoms with E-state index in [9.17, 15) is 13.5 Å². The molecule has 2 heterocycles. The van der Waals surface area contributed by atoms with Crippen LogP contribution in [0.2, 0.25) is 0 Å². The molecule has 1 atom stereocenters. The fourth-order valence-corrected chi connectivity index (χ4v) is 5.06. The number of rotatable bonds is 14. The molecule has 2 aromatic heterocycles. The molecule has 9 heteroatoms. The molecule has 1 unspecified atom stereocenters. The second-order valence-electron chi connectivity index (χ2n) is 9.17. The van der Waals surface area contributed by atoms with Gasteiger partial charge in [0, 0.05) is 42.2 Å². The third kappa shape index (κ3) is 7.74. The Morgan fingerprint density at radius 1 is 1.00 bits per heavy atom. The molecule has 4 rings (SSSR count). The number of unbranched alkanes of at least 4 members (excludes halogenated alkanes) is 2. The Hall–Kier alpha value is -3.53. The summed E-state index contributed by atoms with van der Waals surface area (Å²) >= 11 is 0. The first-order valence-corrected chi connectivity index (χ1v) is 14.4. The number of aliphatic hydroxyl groups excluding tert-OH is 1. The number of anilines is 1. The molecule has 0 aliphatic rings. The van der Waals surface area contributed by atoms with Crippen molar-refractivity contribution in [3.8, 4) is 11.3 Å². The van der Waals surface area contributed by atoms with Gasteiger partial charge in [-0.1, -0.05) is 50.1 Å². The van der Waals surface area contributed by atoms with Gasteiger partial charge < -0.3 is 14.8 Å². The van der Waals surface area contributed by atoms with E-state index in [-0.39, 0.29) is 4.90 Å². The van der Waals surface area contributed by atoms with E-state index in [1.165, 1.54) is 0 Å². The maximum Gasteiger partial charge on any atom is 0.261 e. The third-order valence-electron chi connectivity index (χ3n) is 6.21. The van der Waals surface area contributed by atoms with Crippen molar-refractivity contribution in [3.63, 3.8) is 0 Å². The number of sulfonamides is 1. The minimum absolute atomic E-state index is 0.174. The normalized spacial score (nSPS) is 12.4. The van der Waals surface area contributed by atoms with Crippen LogP contribution in [-0.4, -0.2) is 36.6 Å². The summed E-state index contributed by atoms with van der Waals surface area (Å²) in [6.45, 7) is 3.26. The topological polar surface area (TPSA) is 117 Å². The molecule has 0 saturated heterocycles. The van der Waals surface area contributed by atoms with E-state index in [1.807, 2.05) is 18.2 Å². The minimum Gasteiger partial charge on any atom is -0.448 e. The standard InChI is InChI=1S/C29H34N4O4S/c1-2-3-4-7-29-32-27(21-37-29)23-10-14-26(15-11-23)38(35,36)33-25-12-8-22(9-13-25)16-18-31-20-28(34)24-6-5-17-30-19-24/h5-6,8-15,17,19,21,28,31,33-34H,2-4,7,16,18,20H2,1H3. The lowest BCUT2D eigenvalue weighted by Gasteiger charge is -2.12. The molecule has 0 amide bonds. The van der Waals surface area contributed by atoms with Crippen LogP contribution >= 0.6 is 0 Å². The average Bonchev–Trinajstić information content (AvgIpc) is 3.41. The Kier molecular flexibility index (Phi) is 9.64. The highest BCUT2D eigenvalue weighted by atomic mass is 32.2. The number of aryl methyl sites for hydroxylation is 1. The molecule has 0 radical (unpaired) electrons. The summed E-state index contributed by atoms with van der Waals surface area (Å²) in [6, 6.07) is 17.6. The number of aliphatic hydroxyl groups is 1. The number of hydrogen-bond acceptors (Lipinski definition) is 7. The maximum atomic E-state index is 12.9. The molecule has 4 aromatic rings. The van der Waals surface area contributed by atoms with E-state index in [0.29, 0.717) is 30.4 Å². The zero-order valence-corrected chi connectivity index (χ0v) is 22.3. The van der Waals surface area contributed by atoms with Gasteiger partial charge in [-0.3, -0.25) is 9.71 Å². The number of benzene rings is 2. The highest BCUT2D eigenvalue weighted by Crippen LogP contribution is 2.23. The molecule has 0 spiro atoms. The first-order valence-electron chi connectivity index (χ1n) is 12.9. The van der Waals surface area contributed by atoms with Gasteiger partial charge in [-0.05, 0) is 55.3 Å². The van der Waals surface area contributed by atoms with Crippen molar-refractivity contribution in [2.75, 3.05) is 17.8 Å². The van der Waals surface area contributed by atoms with Crippen LogP contribution in [0.5, 0.6) is 0 Å². The molecule has 0 fully saturated rings. The Balaban J connectivity index is 1.27. The second-order valence-corrected chi connectivity index (χ2v) is 10.8. The summed E-state index contributed by atoms with van der Waals surface area (Å²) in [5.41, 5.74) is 3.83. The summed E-state index contributed by atoms with van der Waals surface area (Å²) < 4.78 is 34.0. The van der Waals surface area contributed by atoms with Crippen LogP contribution in [-0.2, 0) is 22.9 Å². The number of nitrogens with zero attached hydrogens (tertiary/aromatic N) is 2. The quantitative estimate of drug-likeness (QED) is 0.192. The predicted octanol–water partition coefficient (Wildman–Crippen LogP) is 5.14. The Morgan fingerprint density at radius 3 is 2.50 bits per heavy atom. The SMILES string of the molecule is CCCCCc1nc(-c2ccc(S(=O)(=O)Nc3ccc(CCNCC(O)c4cccnc4)cc3)cc2)co1. The molecule has 8 nitrogen and oxygen atoms in total. The van der Waals surface area contributed by atoms with Gasteiger partial charge in [-0.15, -0.1) is 0 Å². The van der Waals surface area contributed by atoms with E-state index in [1.54, 1.807) is 61.1 Å². The zero-order valence-electron chi connectivity index (χ0n) is 21.5. The summed E-state index contributed by atoms with van der Waals surface area (Å²) in [5.74, 6) is 0.702. The predicted molar refractivity (Wildman–Crippen MR) is 148 cm³/mol. The molecule has 2 aromatic carbocycles. The van der Waals surface area contributed by atoms with Crippen molar-refractivity contribution in [1.29, 1.82) is 0 Å². The first-order chi connectivity index (χ1) is 18.4. The molecule has 200 valence electrons. The average molecular weight is 535 g/mol. The smallest absolute Gasteiger partial charge is 0.261 e. The van der Waals surface area contributed by atoms with E-state index >= 15 is 0 Å². The van der Waals surface area contributed by atoms with E-state index in [2.05, 4.69) is 26.9 Å². The highest BCUT2D eigenvalue weighted by Gasteiger charge is 2.15. The molecule has 38 heavy (non-hydrogen) atoms. The highest BCUT2D eigenvalue weighted by molar-refractivity contribution is 7.92. The molecule has 0 bridgehead atoms. The largest absolute Gasteiger partial charge is 0.448 e. The summed E-state index contributed by atoms with van der Waals surface area (Å²) in [4.78, 5) is 8.71. The molecule has 3 N–H and O–H groups in total. The van der Waals surface area contributed by atoms with Crippen molar-refractivity contribution in [1.82, 2.24) is 15.3 Å². The second kappa shape index (κ2) is 13.3. The lowest BCUT2D eigenvalue weighted by Crippen LogP contribution is -2.23. The molecular weight excluding hydrogens is 500 g/mol. The monoisotopic (exact) mass is 534 g/mol. The fourth-order valence-electron chi connectivity index (χ4n) is 4.01. The van der Waals surface area contributed by atoms with E-state index < -0.39 is 16.1 Å². The summed E-state index contributed by atoms with van der Waals surface area (Å²) in [7, 11) is -3.73. The van der Waals surface area contributed by atoms with Gasteiger partial charge >= 0.3 is 0 Å². The number of hydrogen-bond donors (Lipinski definition) is 3. The number of aromatic nitrogens is 2. The van der Waals surface area contributed by atoms with Gasteiger partial charge in [-0.25, -0.2) is 13.4 Å². The van der Waals surface area contributed by atoms with Gasteiger partial charge in [0.15, 0.2) is 5.89 Å². The van der Waals surface area contributed by atoms with Crippen molar-refractivity contribution < 1.29 is 17.9 Å².